The highest BCUT2D eigenvalue weighted by Crippen LogP contribution is 2.71. The molecule has 5 rings (SSSR count). The quantitative estimate of drug-likeness (QED) is 0.473. The Morgan fingerprint density at radius 3 is 2.48 bits per heavy atom. The Morgan fingerprint density at radius 2 is 1.82 bits per heavy atom. The summed E-state index contributed by atoms with van der Waals surface area (Å²) in [4.78, 5) is 12.8. The minimum Gasteiger partial charge on any atom is -0.393 e. The summed E-state index contributed by atoms with van der Waals surface area (Å²) < 4.78 is 5.78. The number of Topliss-reactive ketones (excluding diaryl/α,β-unsaturated/α-hetero) is 1. The van der Waals surface area contributed by atoms with Crippen molar-refractivity contribution in [3.8, 4) is 0 Å². The van der Waals surface area contributed by atoms with Gasteiger partial charge in [-0.3, -0.25) is 4.79 Å². The Hall–Kier alpha value is -0.930. The van der Waals surface area contributed by atoms with E-state index in [0.29, 0.717) is 17.6 Å². The monoisotopic (exact) mass is 454 g/mol. The molecule has 0 radical (unpaired) electrons. The molecule has 1 heterocycles. The molecule has 0 spiro atoms. The third-order valence-corrected chi connectivity index (χ3v) is 12.0. The summed E-state index contributed by atoms with van der Waals surface area (Å²) in [6.45, 7) is 16.6. The number of carbonyl (C=O) groups is 1. The summed E-state index contributed by atoms with van der Waals surface area (Å²) in [5, 5.41) is 9.55. The minimum absolute atomic E-state index is 0.133. The summed E-state index contributed by atoms with van der Waals surface area (Å²) in [6.07, 6.45) is 14.2. The maximum Gasteiger partial charge on any atom is 0.138 e. The van der Waals surface area contributed by atoms with E-state index in [2.05, 4.69) is 53.7 Å². The summed E-state index contributed by atoms with van der Waals surface area (Å²) in [5.41, 5.74) is 3.36. The largest absolute Gasteiger partial charge is 0.393 e. The molecule has 0 amide bonds. The van der Waals surface area contributed by atoms with Crippen LogP contribution in [-0.4, -0.2) is 29.2 Å². The number of ketones is 1. The Morgan fingerprint density at radius 1 is 1.09 bits per heavy atom. The number of carbonyl (C=O) groups excluding carboxylic acids is 1. The molecule has 3 fully saturated rings. The zero-order valence-electron chi connectivity index (χ0n) is 22.1. The zero-order chi connectivity index (χ0) is 24.0. The van der Waals surface area contributed by atoms with Crippen LogP contribution < -0.4 is 0 Å². The molecular weight excluding hydrogens is 408 g/mol. The second-order valence-electron chi connectivity index (χ2n) is 13.8. The fraction of sp³-hybridized carbons (Fsp3) is 0.833. The van der Waals surface area contributed by atoms with Crippen LogP contribution in [0.25, 0.3) is 0 Å². The molecule has 1 N–H and O–H groups in total. The lowest BCUT2D eigenvalue weighted by Gasteiger charge is -2.59. The number of rotatable bonds is 5. The molecule has 1 saturated heterocycles. The van der Waals surface area contributed by atoms with Gasteiger partial charge in [0.1, 0.15) is 11.4 Å². The van der Waals surface area contributed by atoms with Crippen LogP contribution in [0.2, 0.25) is 0 Å². The van der Waals surface area contributed by atoms with Gasteiger partial charge in [-0.1, -0.05) is 53.7 Å². The lowest BCUT2D eigenvalue weighted by atomic mass is 9.44. The third-order valence-electron chi connectivity index (χ3n) is 12.0. The normalized spacial score (nSPS) is 48.8. The molecule has 8 unspecified atom stereocenters. The standard InChI is InChI=1S/C30H46O3/c1-19(8-11-25-30(7,18-31)33-25)20-12-16-29(6)22-9-10-23-26(2,3)24(32)14-15-27(23,4)21(22)13-17-28(20,29)5/h9,13,19-20,23,25,31H,8,10-12,14-18H2,1-7H3. The summed E-state index contributed by atoms with van der Waals surface area (Å²) in [6, 6.07) is 0. The second kappa shape index (κ2) is 7.29. The number of allylic oxidation sites excluding steroid dienone is 4. The van der Waals surface area contributed by atoms with E-state index in [1.165, 1.54) is 19.3 Å². The van der Waals surface area contributed by atoms with Gasteiger partial charge in [-0.2, -0.15) is 0 Å². The molecular formula is C30H46O3. The van der Waals surface area contributed by atoms with Crippen molar-refractivity contribution in [1.82, 2.24) is 0 Å². The van der Waals surface area contributed by atoms with E-state index in [0.717, 1.165) is 38.0 Å². The van der Waals surface area contributed by atoms with E-state index >= 15 is 0 Å². The van der Waals surface area contributed by atoms with E-state index < -0.39 is 0 Å². The van der Waals surface area contributed by atoms with Crippen molar-refractivity contribution in [2.45, 2.75) is 112 Å². The molecule has 5 aliphatic rings. The summed E-state index contributed by atoms with van der Waals surface area (Å²) >= 11 is 0. The smallest absolute Gasteiger partial charge is 0.138 e. The van der Waals surface area contributed by atoms with Crippen molar-refractivity contribution in [3.05, 3.63) is 23.3 Å². The summed E-state index contributed by atoms with van der Waals surface area (Å²) in [5.74, 6) is 2.26. The maximum absolute atomic E-state index is 12.8. The van der Waals surface area contributed by atoms with Crippen LogP contribution in [0, 0.1) is 39.4 Å². The average Bonchev–Trinajstić information content (AvgIpc) is 3.33. The van der Waals surface area contributed by atoms with Crippen LogP contribution in [0.3, 0.4) is 0 Å². The zero-order valence-corrected chi connectivity index (χ0v) is 22.1. The number of hydrogen-bond acceptors (Lipinski definition) is 3. The fourth-order valence-electron chi connectivity index (χ4n) is 9.17. The first-order chi connectivity index (χ1) is 15.3. The van der Waals surface area contributed by atoms with Crippen molar-refractivity contribution >= 4 is 5.78 Å². The van der Waals surface area contributed by atoms with Crippen LogP contribution in [0.15, 0.2) is 23.3 Å². The first kappa shape index (κ1) is 23.8. The van der Waals surface area contributed by atoms with Crippen molar-refractivity contribution in [2.24, 2.45) is 39.4 Å². The highest BCUT2D eigenvalue weighted by atomic mass is 16.6. The molecule has 33 heavy (non-hydrogen) atoms. The fourth-order valence-corrected chi connectivity index (χ4v) is 9.17. The molecule has 4 aliphatic carbocycles. The van der Waals surface area contributed by atoms with Gasteiger partial charge in [0, 0.05) is 11.8 Å². The average molecular weight is 455 g/mol. The first-order valence-corrected chi connectivity index (χ1v) is 13.6. The van der Waals surface area contributed by atoms with Gasteiger partial charge in [0.05, 0.1) is 12.7 Å². The molecule has 8 atom stereocenters. The SMILES string of the molecule is CC(CCC1OC1(C)CO)C1CCC2(C)C3=CCC4C(C)(C)C(=O)CCC4(C)C3=CCC12C. The molecule has 3 heteroatoms. The van der Waals surface area contributed by atoms with Crippen molar-refractivity contribution in [1.29, 1.82) is 0 Å². The number of hydrogen-bond donors (Lipinski definition) is 1. The lowest BCUT2D eigenvalue weighted by molar-refractivity contribution is -0.138. The van der Waals surface area contributed by atoms with Crippen LogP contribution in [-0.2, 0) is 9.53 Å². The Bertz CT molecular complexity index is 914. The van der Waals surface area contributed by atoms with Crippen molar-refractivity contribution < 1.29 is 14.6 Å². The molecule has 0 bridgehead atoms. The topological polar surface area (TPSA) is 49.8 Å². The number of aliphatic hydroxyl groups excluding tert-OH is 1. The highest BCUT2D eigenvalue weighted by molar-refractivity contribution is 5.86. The van der Waals surface area contributed by atoms with E-state index in [4.69, 9.17) is 4.74 Å². The lowest BCUT2D eigenvalue weighted by Crippen LogP contribution is -2.53. The Kier molecular flexibility index (Phi) is 5.26. The number of aliphatic hydroxyl groups is 1. The highest BCUT2D eigenvalue weighted by Gasteiger charge is 2.63. The van der Waals surface area contributed by atoms with E-state index in [9.17, 15) is 9.90 Å². The third kappa shape index (κ3) is 3.10. The van der Waals surface area contributed by atoms with Gasteiger partial charge in [-0.25, -0.2) is 0 Å². The van der Waals surface area contributed by atoms with Crippen LogP contribution in [0.5, 0.6) is 0 Å². The predicted molar refractivity (Wildman–Crippen MR) is 133 cm³/mol. The molecule has 3 nitrogen and oxygen atoms in total. The Balaban J connectivity index is 1.40. The van der Waals surface area contributed by atoms with Crippen LogP contribution >= 0.6 is 0 Å². The van der Waals surface area contributed by atoms with Gasteiger partial charge in [0.25, 0.3) is 0 Å². The van der Waals surface area contributed by atoms with Gasteiger partial charge >= 0.3 is 0 Å². The van der Waals surface area contributed by atoms with E-state index in [1.54, 1.807) is 11.1 Å². The van der Waals surface area contributed by atoms with Crippen molar-refractivity contribution in [2.75, 3.05) is 6.61 Å². The van der Waals surface area contributed by atoms with Gasteiger partial charge < -0.3 is 9.84 Å². The minimum atomic E-state index is -0.287. The maximum atomic E-state index is 12.8. The van der Waals surface area contributed by atoms with Gasteiger partial charge in [-0.15, -0.1) is 0 Å². The molecule has 2 saturated carbocycles. The molecule has 184 valence electrons. The predicted octanol–water partition coefficient (Wildman–Crippen LogP) is 6.65. The first-order valence-electron chi connectivity index (χ1n) is 13.6. The van der Waals surface area contributed by atoms with Crippen LogP contribution in [0.4, 0.5) is 0 Å². The van der Waals surface area contributed by atoms with E-state index in [-0.39, 0.29) is 40.0 Å². The number of fused-ring (bicyclic) bond motifs is 5. The van der Waals surface area contributed by atoms with Crippen molar-refractivity contribution in [3.63, 3.8) is 0 Å². The van der Waals surface area contributed by atoms with E-state index in [1.807, 2.05) is 6.92 Å². The second-order valence-corrected chi connectivity index (χ2v) is 13.8. The van der Waals surface area contributed by atoms with Crippen LogP contribution in [0.1, 0.15) is 99.8 Å². The molecule has 0 aromatic rings. The Labute approximate surface area is 201 Å². The van der Waals surface area contributed by atoms with Gasteiger partial charge in [-0.05, 0) is 97.0 Å². The number of epoxide rings is 1. The van der Waals surface area contributed by atoms with Gasteiger partial charge in [0.2, 0.25) is 0 Å². The molecule has 0 aromatic carbocycles. The number of ether oxygens (including phenoxy) is 1. The summed E-state index contributed by atoms with van der Waals surface area (Å²) in [7, 11) is 0. The molecule has 0 aromatic heterocycles. The molecule has 1 aliphatic heterocycles. The van der Waals surface area contributed by atoms with Gasteiger partial charge in [0.15, 0.2) is 0 Å².